The molecule has 0 radical (unpaired) electrons. The molecule has 1 unspecified atom stereocenters. The first-order chi connectivity index (χ1) is 19.3. The van der Waals surface area contributed by atoms with Gasteiger partial charge in [-0.2, -0.15) is 0 Å². The quantitative estimate of drug-likeness (QED) is 0.153. The van der Waals surface area contributed by atoms with Crippen LogP contribution < -0.4 is 33.4 Å². The normalized spacial score (nSPS) is 19.7. The standard InChI is InChI=1S/C35H52N3O2.HI/c1-8-10-22-37(23-11-9-2)29-19-17-28(18-20-29)34-36(7)31-14-12-13-15-32(31)38(34)27(6)35(39)40-33-24-26(5)16-21-30(33)25(3)4;/h12-15,17-20,25-27,30,33H,8-11,16,21-24H2,1-7H3;1H/q+1;/p-1/t26-,27-,30+,33?;/m1./s1. The number of hydrogen-bond acceptors (Lipinski definition) is 3. The lowest BCUT2D eigenvalue weighted by atomic mass is 9.75. The summed E-state index contributed by atoms with van der Waals surface area (Å²) in [7, 11) is 2.10. The number of aryl methyl sites for hydroxylation is 1. The maximum absolute atomic E-state index is 13.8. The highest BCUT2D eigenvalue weighted by Gasteiger charge is 2.37. The summed E-state index contributed by atoms with van der Waals surface area (Å²) in [6.45, 7) is 15.5. The van der Waals surface area contributed by atoms with Crippen molar-refractivity contribution in [1.29, 1.82) is 0 Å². The lowest BCUT2D eigenvalue weighted by Gasteiger charge is -2.37. The Morgan fingerprint density at radius 2 is 1.63 bits per heavy atom. The number of para-hydroxylation sites is 2. The number of imidazole rings is 1. The van der Waals surface area contributed by atoms with E-state index in [4.69, 9.17) is 4.74 Å². The molecule has 0 saturated heterocycles. The zero-order chi connectivity index (χ0) is 28.8. The van der Waals surface area contributed by atoms with Crippen molar-refractivity contribution >= 4 is 22.7 Å². The molecule has 5 nitrogen and oxygen atoms in total. The molecule has 1 saturated carbocycles. The third-order valence-corrected chi connectivity index (χ3v) is 9.06. The number of benzene rings is 2. The number of nitrogens with zero attached hydrogens (tertiary/aromatic N) is 3. The van der Waals surface area contributed by atoms with Crippen molar-refractivity contribution in [2.75, 3.05) is 18.0 Å². The first-order valence-corrected chi connectivity index (χ1v) is 15.8. The SMILES string of the molecule is CCCCN(CCCC)c1ccc(-c2n([C@H](C)C(=O)OC3C[C@H](C)CC[C@H]3C(C)C)c3ccccc3[n+]2C)cc1.[I-]. The van der Waals surface area contributed by atoms with Gasteiger partial charge >= 0.3 is 5.97 Å². The predicted molar refractivity (Wildman–Crippen MR) is 167 cm³/mol. The van der Waals surface area contributed by atoms with Crippen LogP contribution in [0.1, 0.15) is 92.5 Å². The van der Waals surface area contributed by atoms with Gasteiger partial charge in [-0.05, 0) is 86.8 Å². The minimum absolute atomic E-state index is 0. The van der Waals surface area contributed by atoms with Crippen LogP contribution in [0.3, 0.4) is 0 Å². The summed E-state index contributed by atoms with van der Waals surface area (Å²) in [4.78, 5) is 16.3. The molecule has 226 valence electrons. The molecule has 1 aliphatic rings. The number of rotatable bonds is 12. The molecule has 1 heterocycles. The number of carbonyl (C=O) groups is 1. The fourth-order valence-electron chi connectivity index (χ4n) is 6.56. The summed E-state index contributed by atoms with van der Waals surface area (Å²) in [6.07, 6.45) is 8.11. The number of carbonyl (C=O) groups excluding carboxylic acids is 1. The minimum atomic E-state index is -0.434. The highest BCUT2D eigenvalue weighted by Crippen LogP contribution is 2.36. The molecule has 41 heavy (non-hydrogen) atoms. The summed E-state index contributed by atoms with van der Waals surface area (Å²) in [5, 5.41) is 0. The monoisotopic (exact) mass is 673 g/mol. The predicted octanol–water partition coefficient (Wildman–Crippen LogP) is 5.11. The number of aromatic nitrogens is 2. The van der Waals surface area contributed by atoms with E-state index in [-0.39, 0.29) is 36.0 Å². The van der Waals surface area contributed by atoms with E-state index >= 15 is 0 Å². The summed E-state index contributed by atoms with van der Waals surface area (Å²) in [5.41, 5.74) is 4.55. The second kappa shape index (κ2) is 15.4. The van der Waals surface area contributed by atoms with Crippen LogP contribution in [-0.4, -0.2) is 29.7 Å². The molecule has 4 atom stereocenters. The molecule has 1 aromatic heterocycles. The number of hydrogen-bond donors (Lipinski definition) is 0. The summed E-state index contributed by atoms with van der Waals surface area (Å²) in [6, 6.07) is 16.9. The van der Waals surface area contributed by atoms with Crippen LogP contribution >= 0.6 is 0 Å². The molecule has 1 aliphatic carbocycles. The van der Waals surface area contributed by atoms with Crippen molar-refractivity contribution in [3.05, 3.63) is 48.5 Å². The summed E-state index contributed by atoms with van der Waals surface area (Å²) < 4.78 is 10.8. The lowest BCUT2D eigenvalue weighted by Crippen LogP contribution is -3.00. The van der Waals surface area contributed by atoms with Crippen molar-refractivity contribution in [1.82, 2.24) is 4.57 Å². The molecule has 0 N–H and O–H groups in total. The molecule has 0 amide bonds. The Balaban J connectivity index is 0.00000462. The Labute approximate surface area is 265 Å². The van der Waals surface area contributed by atoms with Gasteiger partial charge in [-0.1, -0.05) is 66.0 Å². The van der Waals surface area contributed by atoms with Crippen LogP contribution in [0.5, 0.6) is 0 Å². The van der Waals surface area contributed by atoms with Crippen LogP contribution in [-0.2, 0) is 16.6 Å². The molecule has 3 aromatic rings. The van der Waals surface area contributed by atoms with Crippen LogP contribution in [0.2, 0.25) is 0 Å². The highest BCUT2D eigenvalue weighted by molar-refractivity contribution is 5.82. The number of ether oxygens (including phenoxy) is 1. The van der Waals surface area contributed by atoms with Gasteiger partial charge in [0.05, 0.1) is 12.6 Å². The van der Waals surface area contributed by atoms with Gasteiger partial charge < -0.3 is 33.6 Å². The van der Waals surface area contributed by atoms with Crippen LogP contribution in [0.15, 0.2) is 48.5 Å². The van der Waals surface area contributed by atoms with E-state index in [1.54, 1.807) is 0 Å². The third-order valence-electron chi connectivity index (χ3n) is 9.06. The smallest absolute Gasteiger partial charge is 0.351 e. The zero-order valence-corrected chi connectivity index (χ0v) is 28.6. The number of fused-ring (bicyclic) bond motifs is 1. The average Bonchev–Trinajstić information content (AvgIpc) is 3.25. The largest absolute Gasteiger partial charge is 1.00 e. The number of halogens is 1. The Bertz CT molecular complexity index is 1240. The summed E-state index contributed by atoms with van der Waals surface area (Å²) in [5.74, 6) is 2.43. The Kier molecular flexibility index (Phi) is 12.6. The van der Waals surface area contributed by atoms with E-state index in [2.05, 4.69) is 104 Å². The van der Waals surface area contributed by atoms with Crippen LogP contribution in [0, 0.1) is 17.8 Å². The molecule has 6 heteroatoms. The van der Waals surface area contributed by atoms with Gasteiger partial charge in [0.25, 0.3) is 5.82 Å². The van der Waals surface area contributed by atoms with Gasteiger partial charge in [-0.15, -0.1) is 0 Å². The molecule has 0 bridgehead atoms. The highest BCUT2D eigenvalue weighted by atomic mass is 127. The van der Waals surface area contributed by atoms with E-state index in [9.17, 15) is 4.79 Å². The van der Waals surface area contributed by atoms with Gasteiger partial charge in [0.2, 0.25) is 0 Å². The molecule has 0 aliphatic heterocycles. The Hall–Kier alpha value is -2.09. The minimum Gasteiger partial charge on any atom is -1.00 e. The van der Waals surface area contributed by atoms with Gasteiger partial charge in [0.15, 0.2) is 17.1 Å². The first-order valence-electron chi connectivity index (χ1n) is 15.8. The summed E-state index contributed by atoms with van der Waals surface area (Å²) >= 11 is 0. The van der Waals surface area contributed by atoms with E-state index in [1.165, 1.54) is 37.8 Å². The van der Waals surface area contributed by atoms with Gasteiger partial charge in [0, 0.05) is 18.8 Å². The van der Waals surface area contributed by atoms with Crippen LogP contribution in [0.4, 0.5) is 5.69 Å². The fourth-order valence-corrected chi connectivity index (χ4v) is 6.56. The van der Waals surface area contributed by atoms with Gasteiger partial charge in [-0.3, -0.25) is 0 Å². The zero-order valence-electron chi connectivity index (χ0n) is 26.4. The van der Waals surface area contributed by atoms with E-state index in [0.29, 0.717) is 17.8 Å². The van der Waals surface area contributed by atoms with E-state index in [1.807, 2.05) is 6.92 Å². The van der Waals surface area contributed by atoms with Crippen molar-refractivity contribution in [2.24, 2.45) is 24.8 Å². The lowest BCUT2D eigenvalue weighted by molar-refractivity contribution is -0.634. The Morgan fingerprint density at radius 3 is 2.24 bits per heavy atom. The van der Waals surface area contributed by atoms with Gasteiger partial charge in [0.1, 0.15) is 6.10 Å². The van der Waals surface area contributed by atoms with Crippen LogP contribution in [0.25, 0.3) is 22.4 Å². The molecule has 2 aromatic carbocycles. The fraction of sp³-hybridized carbons (Fsp3) is 0.600. The van der Waals surface area contributed by atoms with Crippen molar-refractivity contribution in [3.8, 4) is 11.4 Å². The maximum atomic E-state index is 13.8. The van der Waals surface area contributed by atoms with E-state index in [0.717, 1.165) is 48.4 Å². The second-order valence-electron chi connectivity index (χ2n) is 12.5. The number of esters is 1. The molecular formula is C35H52IN3O2. The Morgan fingerprint density at radius 1 is 1.00 bits per heavy atom. The molecule has 4 rings (SSSR count). The van der Waals surface area contributed by atoms with Crippen molar-refractivity contribution in [3.63, 3.8) is 0 Å². The van der Waals surface area contributed by atoms with E-state index < -0.39 is 6.04 Å². The number of anilines is 1. The molecular weight excluding hydrogens is 621 g/mol. The topological polar surface area (TPSA) is 38.4 Å². The molecule has 1 fully saturated rings. The number of unbranched alkanes of at least 4 members (excludes halogenated alkanes) is 2. The second-order valence-corrected chi connectivity index (χ2v) is 12.5. The van der Waals surface area contributed by atoms with Crippen molar-refractivity contribution in [2.45, 2.75) is 98.6 Å². The first kappa shape index (κ1) is 33.4. The third kappa shape index (κ3) is 7.66. The maximum Gasteiger partial charge on any atom is 0.351 e. The van der Waals surface area contributed by atoms with Crippen molar-refractivity contribution < 1.29 is 38.1 Å². The molecule has 0 spiro atoms. The van der Waals surface area contributed by atoms with Gasteiger partial charge in [-0.25, -0.2) is 13.9 Å². The average molecular weight is 674 g/mol.